The molecule has 0 unspecified atom stereocenters. The van der Waals surface area contributed by atoms with Gasteiger partial charge in [0, 0.05) is 5.41 Å². The van der Waals surface area contributed by atoms with E-state index in [0.29, 0.717) is 5.41 Å². The average molecular weight is 156 g/mol. The molecule has 1 fully saturated rings. The lowest BCUT2D eigenvalue weighted by molar-refractivity contribution is -0.120. The van der Waals surface area contributed by atoms with Gasteiger partial charge in [-0.25, -0.2) is 0 Å². The maximum atomic E-state index is 5.26. The molecular weight excluding hydrogens is 136 g/mol. The van der Waals surface area contributed by atoms with Gasteiger partial charge in [-0.1, -0.05) is 33.1 Å². The van der Waals surface area contributed by atoms with Crippen LogP contribution in [0.15, 0.2) is 0 Å². The van der Waals surface area contributed by atoms with Crippen LogP contribution >= 0.6 is 0 Å². The van der Waals surface area contributed by atoms with Gasteiger partial charge in [0.25, 0.3) is 0 Å². The first-order valence-electron chi connectivity index (χ1n) is 4.91. The highest BCUT2D eigenvalue weighted by Gasteiger charge is 2.35. The van der Waals surface area contributed by atoms with Crippen LogP contribution in [0.5, 0.6) is 0 Å². The van der Waals surface area contributed by atoms with E-state index in [1.54, 1.807) is 0 Å². The highest BCUT2D eigenvalue weighted by Crippen LogP contribution is 2.36. The van der Waals surface area contributed by atoms with E-state index >= 15 is 0 Å². The zero-order chi connectivity index (χ0) is 8.16. The maximum Gasteiger partial charge on any atom is 0.0544 e. The van der Waals surface area contributed by atoms with Gasteiger partial charge >= 0.3 is 0 Å². The molecule has 0 saturated carbocycles. The predicted molar refractivity (Wildman–Crippen MR) is 47.7 cm³/mol. The quantitative estimate of drug-likeness (QED) is 0.556. The fourth-order valence-electron chi connectivity index (χ4n) is 1.67. The standard InChI is InChI=1S/C10H20O/c1-3-5-6-7-10(4-2)8-11-9-10/h3-9H2,1-2H3. The van der Waals surface area contributed by atoms with Crippen LogP contribution < -0.4 is 0 Å². The third-order valence-electron chi connectivity index (χ3n) is 2.88. The Balaban J connectivity index is 2.11. The average Bonchev–Trinajstić information content (AvgIpc) is 1.95. The highest BCUT2D eigenvalue weighted by atomic mass is 16.5. The molecule has 0 spiro atoms. The fraction of sp³-hybridized carbons (Fsp3) is 1.00. The molecule has 0 aromatic rings. The molecule has 1 saturated heterocycles. The lowest BCUT2D eigenvalue weighted by atomic mass is 9.78. The van der Waals surface area contributed by atoms with E-state index in [1.165, 1.54) is 32.1 Å². The second-order valence-corrected chi connectivity index (χ2v) is 3.80. The molecule has 1 nitrogen and oxygen atoms in total. The summed E-state index contributed by atoms with van der Waals surface area (Å²) in [6.07, 6.45) is 6.81. The van der Waals surface area contributed by atoms with Crippen molar-refractivity contribution >= 4 is 0 Å². The van der Waals surface area contributed by atoms with Crippen molar-refractivity contribution in [2.24, 2.45) is 5.41 Å². The Kier molecular flexibility index (Phi) is 3.38. The Morgan fingerprint density at radius 1 is 1.18 bits per heavy atom. The van der Waals surface area contributed by atoms with E-state index < -0.39 is 0 Å². The van der Waals surface area contributed by atoms with Gasteiger partial charge in [-0.15, -0.1) is 0 Å². The molecule has 0 aromatic carbocycles. The molecular formula is C10H20O. The number of hydrogen-bond acceptors (Lipinski definition) is 1. The van der Waals surface area contributed by atoms with Crippen LogP contribution in [0.1, 0.15) is 46.0 Å². The first-order valence-corrected chi connectivity index (χ1v) is 4.91. The maximum absolute atomic E-state index is 5.26. The van der Waals surface area contributed by atoms with Gasteiger partial charge in [0.05, 0.1) is 13.2 Å². The smallest absolute Gasteiger partial charge is 0.0544 e. The molecule has 0 amide bonds. The Hall–Kier alpha value is -0.0400. The number of rotatable bonds is 5. The minimum absolute atomic E-state index is 0.592. The molecule has 1 heteroatoms. The van der Waals surface area contributed by atoms with Crippen LogP contribution in [0.3, 0.4) is 0 Å². The molecule has 0 aliphatic carbocycles. The predicted octanol–water partition coefficient (Wildman–Crippen LogP) is 2.99. The summed E-state index contributed by atoms with van der Waals surface area (Å²) < 4.78 is 5.26. The van der Waals surface area contributed by atoms with Gasteiger partial charge in [-0.05, 0) is 12.8 Å². The van der Waals surface area contributed by atoms with Crippen LogP contribution in [0, 0.1) is 5.41 Å². The van der Waals surface area contributed by atoms with Crippen LogP contribution in [0.2, 0.25) is 0 Å². The molecule has 1 aliphatic rings. The third-order valence-corrected chi connectivity index (χ3v) is 2.88. The molecule has 11 heavy (non-hydrogen) atoms. The normalized spacial score (nSPS) is 21.3. The second kappa shape index (κ2) is 4.10. The number of hydrogen-bond donors (Lipinski definition) is 0. The van der Waals surface area contributed by atoms with Crippen LogP contribution in [0.25, 0.3) is 0 Å². The number of ether oxygens (including phenoxy) is 1. The van der Waals surface area contributed by atoms with Crippen molar-refractivity contribution in [1.29, 1.82) is 0 Å². The highest BCUT2D eigenvalue weighted by molar-refractivity contribution is 4.83. The molecule has 1 rings (SSSR count). The van der Waals surface area contributed by atoms with Crippen molar-refractivity contribution in [2.75, 3.05) is 13.2 Å². The second-order valence-electron chi connectivity index (χ2n) is 3.80. The largest absolute Gasteiger partial charge is 0.380 e. The van der Waals surface area contributed by atoms with E-state index in [1.807, 2.05) is 0 Å². The van der Waals surface area contributed by atoms with Gasteiger partial charge in [-0.2, -0.15) is 0 Å². The van der Waals surface area contributed by atoms with Crippen molar-refractivity contribution in [3.05, 3.63) is 0 Å². The molecule has 0 atom stereocenters. The van der Waals surface area contributed by atoms with Gasteiger partial charge in [0.2, 0.25) is 0 Å². The van der Waals surface area contributed by atoms with Gasteiger partial charge in [0.15, 0.2) is 0 Å². The number of unbranched alkanes of at least 4 members (excludes halogenated alkanes) is 2. The zero-order valence-corrected chi connectivity index (χ0v) is 7.86. The first-order chi connectivity index (χ1) is 5.33. The Morgan fingerprint density at radius 3 is 2.27 bits per heavy atom. The van der Waals surface area contributed by atoms with Crippen LogP contribution in [-0.2, 0) is 4.74 Å². The van der Waals surface area contributed by atoms with Crippen LogP contribution in [-0.4, -0.2) is 13.2 Å². The summed E-state index contributed by atoms with van der Waals surface area (Å²) >= 11 is 0. The Labute approximate surface area is 70.1 Å². The monoisotopic (exact) mass is 156 g/mol. The molecule has 1 aliphatic heterocycles. The van der Waals surface area contributed by atoms with Gasteiger partial charge in [0.1, 0.15) is 0 Å². The van der Waals surface area contributed by atoms with Crippen LogP contribution in [0.4, 0.5) is 0 Å². The van der Waals surface area contributed by atoms with E-state index in [-0.39, 0.29) is 0 Å². The van der Waals surface area contributed by atoms with Gasteiger partial charge < -0.3 is 4.74 Å². The van der Waals surface area contributed by atoms with Crippen molar-refractivity contribution in [2.45, 2.75) is 46.0 Å². The molecule has 0 bridgehead atoms. The topological polar surface area (TPSA) is 9.23 Å². The van der Waals surface area contributed by atoms with E-state index in [4.69, 9.17) is 4.74 Å². The molecule has 66 valence electrons. The molecule has 0 N–H and O–H groups in total. The van der Waals surface area contributed by atoms with E-state index in [2.05, 4.69) is 13.8 Å². The summed E-state index contributed by atoms with van der Waals surface area (Å²) in [5, 5.41) is 0. The lowest BCUT2D eigenvalue weighted by Gasteiger charge is -2.41. The summed E-state index contributed by atoms with van der Waals surface area (Å²) in [6.45, 7) is 6.59. The summed E-state index contributed by atoms with van der Waals surface area (Å²) in [5.74, 6) is 0. The Morgan fingerprint density at radius 2 is 1.91 bits per heavy atom. The molecule has 1 heterocycles. The summed E-state index contributed by atoms with van der Waals surface area (Å²) in [7, 11) is 0. The summed E-state index contributed by atoms with van der Waals surface area (Å²) in [5.41, 5.74) is 0.592. The Bertz CT molecular complexity index is 99.9. The first kappa shape index (κ1) is 9.05. The minimum atomic E-state index is 0.592. The van der Waals surface area contributed by atoms with Crippen molar-refractivity contribution in [3.8, 4) is 0 Å². The van der Waals surface area contributed by atoms with Gasteiger partial charge in [-0.3, -0.25) is 0 Å². The zero-order valence-electron chi connectivity index (χ0n) is 7.86. The summed E-state index contributed by atoms with van der Waals surface area (Å²) in [6, 6.07) is 0. The molecule has 0 radical (unpaired) electrons. The van der Waals surface area contributed by atoms with E-state index in [9.17, 15) is 0 Å². The van der Waals surface area contributed by atoms with Crippen molar-refractivity contribution < 1.29 is 4.74 Å². The van der Waals surface area contributed by atoms with Crippen molar-refractivity contribution in [1.82, 2.24) is 0 Å². The van der Waals surface area contributed by atoms with E-state index in [0.717, 1.165) is 13.2 Å². The third kappa shape index (κ3) is 2.19. The van der Waals surface area contributed by atoms with Crippen molar-refractivity contribution in [3.63, 3.8) is 0 Å². The SMILES string of the molecule is CCCCCC1(CC)COC1. The fourth-order valence-corrected chi connectivity index (χ4v) is 1.67. The minimum Gasteiger partial charge on any atom is -0.380 e. The summed E-state index contributed by atoms with van der Waals surface area (Å²) in [4.78, 5) is 0. The molecule has 0 aromatic heterocycles. The lowest BCUT2D eigenvalue weighted by Crippen LogP contribution is -2.41.